The quantitative estimate of drug-likeness (QED) is 0.137. The highest BCUT2D eigenvalue weighted by Crippen LogP contribution is 2.38. The van der Waals surface area contributed by atoms with E-state index in [1.54, 1.807) is 0 Å². The molecule has 0 aliphatic carbocycles. The fraction of sp³-hybridized carbons (Fsp3) is 0.571. The van der Waals surface area contributed by atoms with Gasteiger partial charge < -0.3 is 9.13 Å². The van der Waals surface area contributed by atoms with Gasteiger partial charge in [-0.05, 0) is 56.8 Å². The number of pyridine rings is 2. The molecule has 4 aromatic heterocycles. The first-order chi connectivity index (χ1) is 16.7. The number of aryl methyl sites for hydroxylation is 2. The zero-order valence-electron chi connectivity index (χ0n) is 20.8. The average Bonchev–Trinajstić information content (AvgIpc) is 3.31. The fourth-order valence-electron chi connectivity index (χ4n) is 5.19. The van der Waals surface area contributed by atoms with E-state index < -0.39 is 0 Å². The summed E-state index contributed by atoms with van der Waals surface area (Å²) in [6, 6.07) is 4.49. The molecule has 0 saturated carbocycles. The van der Waals surface area contributed by atoms with Gasteiger partial charge >= 0.3 is 0 Å². The van der Waals surface area contributed by atoms with E-state index in [4.69, 9.17) is 9.97 Å². The fourth-order valence-corrected chi connectivity index (χ4v) is 5.85. The standard InChI is InChI=1S/C28H38Br2N4/c1-3-5-7-9-11-13-15-33-25-23-17-21(29)20-32-28(23)34(16-14-12-10-8-6-4-2)26(25)24-18-22(30)19-31-27(24)33/h17-20H,3-16H2,1-2H3. The Morgan fingerprint density at radius 1 is 0.588 bits per heavy atom. The molecule has 6 heteroatoms. The van der Waals surface area contributed by atoms with Crippen molar-refractivity contribution in [3.05, 3.63) is 33.5 Å². The summed E-state index contributed by atoms with van der Waals surface area (Å²) in [6.07, 6.45) is 19.4. The van der Waals surface area contributed by atoms with Gasteiger partial charge in [0.05, 0.1) is 11.0 Å². The van der Waals surface area contributed by atoms with Gasteiger partial charge in [-0.25, -0.2) is 9.97 Å². The lowest BCUT2D eigenvalue weighted by atomic mass is 10.1. The van der Waals surface area contributed by atoms with Crippen molar-refractivity contribution in [1.29, 1.82) is 0 Å². The molecule has 0 N–H and O–H groups in total. The zero-order chi connectivity index (χ0) is 23.9. The second kappa shape index (κ2) is 12.5. The van der Waals surface area contributed by atoms with Gasteiger partial charge in [-0.15, -0.1) is 0 Å². The van der Waals surface area contributed by atoms with E-state index in [0.717, 1.165) is 33.3 Å². The summed E-state index contributed by atoms with van der Waals surface area (Å²) in [7, 11) is 0. The molecule has 0 radical (unpaired) electrons. The summed E-state index contributed by atoms with van der Waals surface area (Å²) >= 11 is 7.36. The van der Waals surface area contributed by atoms with Crippen LogP contribution in [-0.2, 0) is 13.1 Å². The van der Waals surface area contributed by atoms with Crippen molar-refractivity contribution < 1.29 is 0 Å². The normalized spacial score (nSPS) is 12.0. The van der Waals surface area contributed by atoms with Gasteiger partial charge in [0.25, 0.3) is 0 Å². The van der Waals surface area contributed by atoms with Gasteiger partial charge in [0.15, 0.2) is 0 Å². The number of rotatable bonds is 14. The van der Waals surface area contributed by atoms with Crippen molar-refractivity contribution in [3.8, 4) is 0 Å². The first-order valence-corrected chi connectivity index (χ1v) is 14.9. The molecule has 0 bridgehead atoms. The lowest BCUT2D eigenvalue weighted by molar-refractivity contribution is 0.568. The third kappa shape index (κ3) is 5.70. The minimum absolute atomic E-state index is 1.00. The molecule has 4 aromatic rings. The summed E-state index contributed by atoms with van der Waals surface area (Å²) in [4.78, 5) is 9.78. The summed E-state index contributed by atoms with van der Waals surface area (Å²) in [6.45, 7) is 6.56. The Labute approximate surface area is 220 Å². The third-order valence-electron chi connectivity index (χ3n) is 6.92. The number of hydrogen-bond acceptors (Lipinski definition) is 2. The highest BCUT2D eigenvalue weighted by molar-refractivity contribution is 9.10. The first kappa shape index (κ1) is 25.7. The Bertz CT molecular complexity index is 1130. The van der Waals surface area contributed by atoms with Gasteiger partial charge in [0.1, 0.15) is 11.3 Å². The van der Waals surface area contributed by atoms with Crippen LogP contribution in [0.15, 0.2) is 33.5 Å². The minimum Gasteiger partial charge on any atom is -0.323 e. The first-order valence-electron chi connectivity index (χ1n) is 13.3. The van der Waals surface area contributed by atoms with Crippen LogP contribution in [0.2, 0.25) is 0 Å². The van der Waals surface area contributed by atoms with Gasteiger partial charge in [-0.3, -0.25) is 0 Å². The molecule has 0 aliphatic rings. The van der Waals surface area contributed by atoms with Gasteiger partial charge in [0, 0.05) is 45.2 Å². The molecular formula is C28H38Br2N4. The van der Waals surface area contributed by atoms with Crippen molar-refractivity contribution in [3.63, 3.8) is 0 Å². The largest absolute Gasteiger partial charge is 0.323 e. The third-order valence-corrected chi connectivity index (χ3v) is 7.79. The van der Waals surface area contributed by atoms with E-state index in [9.17, 15) is 0 Å². The van der Waals surface area contributed by atoms with Crippen LogP contribution in [0.3, 0.4) is 0 Å². The van der Waals surface area contributed by atoms with Crippen LogP contribution < -0.4 is 0 Å². The average molecular weight is 590 g/mol. The number of fused-ring (bicyclic) bond motifs is 5. The van der Waals surface area contributed by atoms with E-state index in [1.807, 2.05) is 12.4 Å². The van der Waals surface area contributed by atoms with Crippen molar-refractivity contribution in [2.45, 2.75) is 104 Å². The van der Waals surface area contributed by atoms with E-state index >= 15 is 0 Å². The van der Waals surface area contributed by atoms with Gasteiger partial charge in [-0.2, -0.15) is 0 Å². The Morgan fingerprint density at radius 2 is 0.971 bits per heavy atom. The van der Waals surface area contributed by atoms with Crippen molar-refractivity contribution in [2.75, 3.05) is 0 Å². The van der Waals surface area contributed by atoms with Crippen LogP contribution in [0.1, 0.15) is 90.9 Å². The van der Waals surface area contributed by atoms with E-state index in [2.05, 4.69) is 67.0 Å². The highest BCUT2D eigenvalue weighted by atomic mass is 79.9. The molecule has 0 amide bonds. The number of halogens is 2. The van der Waals surface area contributed by atoms with Crippen LogP contribution in [-0.4, -0.2) is 19.1 Å². The molecule has 0 atom stereocenters. The maximum absolute atomic E-state index is 4.89. The van der Waals surface area contributed by atoms with E-state index in [-0.39, 0.29) is 0 Å². The summed E-state index contributed by atoms with van der Waals surface area (Å²) in [5, 5.41) is 2.46. The van der Waals surface area contributed by atoms with Gasteiger partial charge in [0.2, 0.25) is 0 Å². The molecule has 0 unspecified atom stereocenters. The molecule has 0 spiro atoms. The van der Waals surface area contributed by atoms with Crippen molar-refractivity contribution in [1.82, 2.24) is 19.1 Å². The van der Waals surface area contributed by atoms with Crippen LogP contribution in [0.25, 0.3) is 33.1 Å². The second-order valence-electron chi connectivity index (χ2n) is 9.59. The number of hydrogen-bond donors (Lipinski definition) is 0. The molecule has 0 fully saturated rings. The lowest BCUT2D eigenvalue weighted by Crippen LogP contribution is -2.00. The molecule has 4 rings (SSSR count). The molecule has 0 aromatic carbocycles. The molecule has 0 aliphatic heterocycles. The van der Waals surface area contributed by atoms with Gasteiger partial charge in [-0.1, -0.05) is 78.1 Å². The Balaban J connectivity index is 1.72. The highest BCUT2D eigenvalue weighted by Gasteiger charge is 2.22. The Morgan fingerprint density at radius 3 is 1.38 bits per heavy atom. The number of aromatic nitrogens is 4. The number of nitrogens with zero attached hydrogens (tertiary/aromatic N) is 4. The Hall–Kier alpha value is -1.40. The van der Waals surface area contributed by atoms with Crippen molar-refractivity contribution >= 4 is 65.0 Å². The number of unbranched alkanes of at least 4 members (excludes halogenated alkanes) is 10. The summed E-state index contributed by atoms with van der Waals surface area (Å²) in [5.74, 6) is 0. The van der Waals surface area contributed by atoms with Crippen LogP contribution in [0, 0.1) is 0 Å². The van der Waals surface area contributed by atoms with E-state index in [1.165, 1.54) is 98.9 Å². The molecule has 34 heavy (non-hydrogen) atoms. The molecule has 184 valence electrons. The summed E-state index contributed by atoms with van der Waals surface area (Å²) in [5.41, 5.74) is 4.79. The molecule has 0 saturated heterocycles. The molecular weight excluding hydrogens is 552 g/mol. The zero-order valence-corrected chi connectivity index (χ0v) is 23.9. The van der Waals surface area contributed by atoms with Crippen molar-refractivity contribution in [2.24, 2.45) is 0 Å². The van der Waals surface area contributed by atoms with Crippen LogP contribution in [0.5, 0.6) is 0 Å². The SMILES string of the molecule is CCCCCCCCn1c2ncc(Br)cc2c2c1c1cc(Br)cnc1n2CCCCCCCC. The monoisotopic (exact) mass is 588 g/mol. The predicted molar refractivity (Wildman–Crippen MR) is 153 cm³/mol. The maximum Gasteiger partial charge on any atom is 0.142 e. The molecule has 4 heterocycles. The predicted octanol–water partition coefficient (Wildman–Crippen LogP) is 9.79. The smallest absolute Gasteiger partial charge is 0.142 e. The van der Waals surface area contributed by atoms with Crippen LogP contribution >= 0.6 is 31.9 Å². The van der Waals surface area contributed by atoms with E-state index in [0.29, 0.717) is 0 Å². The molecule has 4 nitrogen and oxygen atoms in total. The lowest BCUT2D eigenvalue weighted by Gasteiger charge is -2.08. The summed E-state index contributed by atoms with van der Waals surface area (Å²) < 4.78 is 6.99. The maximum atomic E-state index is 4.89. The minimum atomic E-state index is 1.00. The Kier molecular flexibility index (Phi) is 9.46. The van der Waals surface area contributed by atoms with Crippen LogP contribution in [0.4, 0.5) is 0 Å². The topological polar surface area (TPSA) is 35.6 Å². The second-order valence-corrected chi connectivity index (χ2v) is 11.4.